The van der Waals surface area contributed by atoms with E-state index in [4.69, 9.17) is 5.73 Å². The predicted octanol–water partition coefficient (Wildman–Crippen LogP) is 1.82. The highest BCUT2D eigenvalue weighted by molar-refractivity contribution is 5.93. The van der Waals surface area contributed by atoms with Crippen LogP contribution in [-0.2, 0) is 20.1 Å². The highest BCUT2D eigenvalue weighted by Crippen LogP contribution is 2.33. The SMILES string of the molecule is Cn1ccc2c(-c3ncc(N)c4c3CNC4)ccnc21. The average molecular weight is 265 g/mol. The summed E-state index contributed by atoms with van der Waals surface area (Å²) in [7, 11) is 2.00. The molecule has 0 bridgehead atoms. The zero-order chi connectivity index (χ0) is 13.7. The smallest absolute Gasteiger partial charge is 0.140 e. The summed E-state index contributed by atoms with van der Waals surface area (Å²) in [5, 5.41) is 4.48. The lowest BCUT2D eigenvalue weighted by molar-refractivity contribution is 0.765. The van der Waals surface area contributed by atoms with E-state index in [-0.39, 0.29) is 0 Å². The van der Waals surface area contributed by atoms with Crippen molar-refractivity contribution in [2.45, 2.75) is 13.1 Å². The Morgan fingerprint density at radius 2 is 2.05 bits per heavy atom. The Morgan fingerprint density at radius 1 is 1.20 bits per heavy atom. The van der Waals surface area contributed by atoms with Crippen molar-refractivity contribution in [1.29, 1.82) is 0 Å². The molecule has 1 aliphatic rings. The minimum atomic E-state index is 0.770. The average Bonchev–Trinajstić information content (AvgIpc) is 3.08. The van der Waals surface area contributed by atoms with Crippen LogP contribution < -0.4 is 11.1 Å². The second kappa shape index (κ2) is 4.05. The molecule has 0 atom stereocenters. The van der Waals surface area contributed by atoms with Crippen LogP contribution in [0.15, 0.2) is 30.7 Å². The first-order valence-corrected chi connectivity index (χ1v) is 6.63. The summed E-state index contributed by atoms with van der Waals surface area (Å²) in [6, 6.07) is 4.12. The van der Waals surface area contributed by atoms with Gasteiger partial charge in [-0.05, 0) is 23.3 Å². The molecule has 0 unspecified atom stereocenters. The molecule has 4 heterocycles. The molecule has 0 spiro atoms. The molecule has 0 saturated carbocycles. The molecule has 20 heavy (non-hydrogen) atoms. The molecule has 5 nitrogen and oxygen atoms in total. The molecule has 3 N–H and O–H groups in total. The van der Waals surface area contributed by atoms with Gasteiger partial charge in [0.25, 0.3) is 0 Å². The van der Waals surface area contributed by atoms with Gasteiger partial charge in [-0.15, -0.1) is 0 Å². The van der Waals surface area contributed by atoms with Gasteiger partial charge in [0, 0.05) is 43.5 Å². The molecule has 0 aromatic carbocycles. The van der Waals surface area contributed by atoms with Crippen LogP contribution in [0, 0.1) is 0 Å². The molecule has 1 aliphatic heterocycles. The summed E-state index contributed by atoms with van der Waals surface area (Å²) < 4.78 is 2.02. The Labute approximate surface area is 116 Å². The summed E-state index contributed by atoms with van der Waals surface area (Å²) in [6.07, 6.45) is 5.62. The standard InChI is InChI=1S/C15H15N5/c1-20-5-3-10-9(2-4-18-15(10)20)14-12-7-17-6-11(12)13(16)8-19-14/h2-5,8,17H,6-7,16H2,1H3. The molecule has 0 aliphatic carbocycles. The van der Waals surface area contributed by atoms with Crippen LogP contribution in [0.1, 0.15) is 11.1 Å². The fraction of sp³-hybridized carbons (Fsp3) is 0.200. The number of anilines is 1. The number of aromatic nitrogens is 3. The van der Waals surface area contributed by atoms with Crippen molar-refractivity contribution in [3.63, 3.8) is 0 Å². The van der Waals surface area contributed by atoms with E-state index in [2.05, 4.69) is 21.4 Å². The van der Waals surface area contributed by atoms with Gasteiger partial charge < -0.3 is 15.6 Å². The van der Waals surface area contributed by atoms with E-state index in [0.717, 1.165) is 41.1 Å². The lowest BCUT2D eigenvalue weighted by Gasteiger charge is -2.10. The molecule has 3 aromatic heterocycles. The molecule has 0 amide bonds. The normalized spacial score (nSPS) is 13.8. The third kappa shape index (κ3) is 1.47. The van der Waals surface area contributed by atoms with Gasteiger partial charge in [0.1, 0.15) is 5.65 Å². The Morgan fingerprint density at radius 3 is 2.95 bits per heavy atom. The van der Waals surface area contributed by atoms with E-state index < -0.39 is 0 Å². The number of hydrogen-bond acceptors (Lipinski definition) is 4. The second-order valence-corrected chi connectivity index (χ2v) is 5.15. The third-order valence-electron chi connectivity index (χ3n) is 3.96. The van der Waals surface area contributed by atoms with Crippen LogP contribution in [0.5, 0.6) is 0 Å². The Bertz CT molecular complexity index is 818. The number of nitrogens with zero attached hydrogens (tertiary/aromatic N) is 3. The maximum atomic E-state index is 6.02. The highest BCUT2D eigenvalue weighted by Gasteiger charge is 2.20. The number of rotatable bonds is 1. The number of nitrogens with one attached hydrogen (secondary N) is 1. The van der Waals surface area contributed by atoms with E-state index in [9.17, 15) is 0 Å². The minimum absolute atomic E-state index is 0.770. The Balaban J connectivity index is 2.03. The zero-order valence-electron chi connectivity index (χ0n) is 11.2. The van der Waals surface area contributed by atoms with Crippen molar-refractivity contribution in [3.8, 4) is 11.3 Å². The molecule has 0 saturated heterocycles. The van der Waals surface area contributed by atoms with Gasteiger partial charge in [-0.25, -0.2) is 4.98 Å². The molecule has 5 heteroatoms. The molecular weight excluding hydrogens is 250 g/mol. The third-order valence-corrected chi connectivity index (χ3v) is 3.96. The quantitative estimate of drug-likeness (QED) is 0.704. The number of hydrogen-bond donors (Lipinski definition) is 2. The molecule has 0 radical (unpaired) electrons. The van der Waals surface area contributed by atoms with Gasteiger partial charge >= 0.3 is 0 Å². The molecular formula is C15H15N5. The second-order valence-electron chi connectivity index (χ2n) is 5.15. The van der Waals surface area contributed by atoms with E-state index in [0.29, 0.717) is 0 Å². The fourth-order valence-corrected chi connectivity index (χ4v) is 2.92. The number of aryl methyl sites for hydroxylation is 1. The lowest BCUT2D eigenvalue weighted by Crippen LogP contribution is -2.01. The van der Waals surface area contributed by atoms with Crippen LogP contribution in [0.4, 0.5) is 5.69 Å². The minimum Gasteiger partial charge on any atom is -0.397 e. The Kier molecular flexibility index (Phi) is 2.31. The van der Waals surface area contributed by atoms with Crippen molar-refractivity contribution < 1.29 is 0 Å². The van der Waals surface area contributed by atoms with Crippen LogP contribution >= 0.6 is 0 Å². The van der Waals surface area contributed by atoms with Gasteiger partial charge in [0.05, 0.1) is 17.6 Å². The maximum absolute atomic E-state index is 6.02. The summed E-state index contributed by atoms with van der Waals surface area (Å²) >= 11 is 0. The fourth-order valence-electron chi connectivity index (χ4n) is 2.92. The van der Waals surface area contributed by atoms with Crippen LogP contribution in [0.25, 0.3) is 22.3 Å². The lowest BCUT2D eigenvalue weighted by atomic mass is 10.0. The van der Waals surface area contributed by atoms with E-state index >= 15 is 0 Å². The summed E-state index contributed by atoms with van der Waals surface area (Å²) in [6.45, 7) is 1.64. The van der Waals surface area contributed by atoms with Crippen LogP contribution in [0.2, 0.25) is 0 Å². The van der Waals surface area contributed by atoms with E-state index in [1.165, 1.54) is 11.1 Å². The number of fused-ring (bicyclic) bond motifs is 2. The maximum Gasteiger partial charge on any atom is 0.140 e. The summed E-state index contributed by atoms with van der Waals surface area (Å²) in [4.78, 5) is 9.01. The number of nitrogen functional groups attached to an aromatic ring is 1. The molecule has 100 valence electrons. The van der Waals surface area contributed by atoms with E-state index in [1.54, 1.807) is 6.20 Å². The summed E-state index contributed by atoms with van der Waals surface area (Å²) in [5.74, 6) is 0. The van der Waals surface area contributed by atoms with Crippen molar-refractivity contribution in [1.82, 2.24) is 19.9 Å². The highest BCUT2D eigenvalue weighted by atomic mass is 15.0. The number of pyridine rings is 2. The first kappa shape index (κ1) is 11.4. The monoisotopic (exact) mass is 265 g/mol. The zero-order valence-corrected chi connectivity index (χ0v) is 11.2. The first-order valence-electron chi connectivity index (χ1n) is 6.63. The Hall–Kier alpha value is -2.40. The molecule has 3 aromatic rings. The van der Waals surface area contributed by atoms with Crippen LogP contribution in [-0.4, -0.2) is 14.5 Å². The van der Waals surface area contributed by atoms with Gasteiger partial charge in [-0.2, -0.15) is 0 Å². The molecule has 0 fully saturated rings. The van der Waals surface area contributed by atoms with Crippen molar-refractivity contribution in [2.24, 2.45) is 7.05 Å². The van der Waals surface area contributed by atoms with Gasteiger partial charge in [0.2, 0.25) is 0 Å². The largest absolute Gasteiger partial charge is 0.397 e. The predicted molar refractivity (Wildman–Crippen MR) is 78.9 cm³/mol. The van der Waals surface area contributed by atoms with Crippen molar-refractivity contribution >= 4 is 16.7 Å². The van der Waals surface area contributed by atoms with Crippen molar-refractivity contribution in [2.75, 3.05) is 5.73 Å². The topological polar surface area (TPSA) is 68.8 Å². The first-order chi connectivity index (χ1) is 9.75. The van der Waals surface area contributed by atoms with Gasteiger partial charge in [-0.3, -0.25) is 4.98 Å². The van der Waals surface area contributed by atoms with Gasteiger partial charge in [-0.1, -0.05) is 0 Å². The van der Waals surface area contributed by atoms with Crippen molar-refractivity contribution in [3.05, 3.63) is 41.9 Å². The van der Waals surface area contributed by atoms with Gasteiger partial charge in [0.15, 0.2) is 0 Å². The molecule has 4 rings (SSSR count). The summed E-state index contributed by atoms with van der Waals surface area (Å²) in [5.41, 5.74) is 12.3. The van der Waals surface area contributed by atoms with E-state index in [1.807, 2.05) is 30.1 Å². The van der Waals surface area contributed by atoms with Crippen LogP contribution in [0.3, 0.4) is 0 Å². The number of nitrogens with two attached hydrogens (primary N) is 1.